The Labute approximate surface area is 134 Å². The zero-order valence-electron chi connectivity index (χ0n) is 12.8. The van der Waals surface area contributed by atoms with Crippen LogP contribution in [-0.4, -0.2) is 22.6 Å². The summed E-state index contributed by atoms with van der Waals surface area (Å²) in [6.45, 7) is 3.71. The van der Waals surface area contributed by atoms with E-state index in [1.54, 1.807) is 0 Å². The summed E-state index contributed by atoms with van der Waals surface area (Å²) in [6, 6.07) is 0.609. The molecule has 0 saturated carbocycles. The lowest BCUT2D eigenvalue weighted by Crippen LogP contribution is -2.42. The number of nitrogens with one attached hydrogen (secondary N) is 1. The van der Waals surface area contributed by atoms with E-state index in [0.29, 0.717) is 6.07 Å². The molecular weight excluding hydrogens is 330 g/mol. The van der Waals surface area contributed by atoms with Crippen molar-refractivity contribution in [2.24, 2.45) is 0 Å². The summed E-state index contributed by atoms with van der Waals surface area (Å²) < 4.78 is 37.3. The van der Waals surface area contributed by atoms with Gasteiger partial charge in [-0.05, 0) is 6.92 Å². The van der Waals surface area contributed by atoms with Crippen LogP contribution in [-0.2, 0) is 19.1 Å². The Morgan fingerprint density at radius 2 is 1.75 bits per heavy atom. The van der Waals surface area contributed by atoms with Crippen LogP contribution in [0.4, 0.5) is 20.2 Å². The molecule has 1 aliphatic rings. The van der Waals surface area contributed by atoms with Crippen LogP contribution >= 0.6 is 0 Å². The molecule has 0 bridgehead atoms. The van der Waals surface area contributed by atoms with Gasteiger partial charge in [-0.1, -0.05) is 0 Å². The first-order valence-electron chi connectivity index (χ1n) is 6.60. The average Bonchev–Trinajstić information content (AvgIpc) is 2.44. The molecule has 0 amide bonds. The first kappa shape index (κ1) is 17.3. The molecule has 1 aromatic rings. The Kier molecular flexibility index (Phi) is 4.24. The number of benzene rings is 1. The highest BCUT2D eigenvalue weighted by Gasteiger charge is 2.39. The van der Waals surface area contributed by atoms with Crippen molar-refractivity contribution in [3.05, 3.63) is 45.2 Å². The number of nitrogens with zero attached hydrogens (tertiary/aromatic N) is 1. The Balaban J connectivity index is 2.37. The van der Waals surface area contributed by atoms with Crippen molar-refractivity contribution in [3.8, 4) is 0 Å². The molecule has 128 valence electrons. The zero-order valence-corrected chi connectivity index (χ0v) is 12.8. The van der Waals surface area contributed by atoms with E-state index >= 15 is 0 Å². The lowest BCUT2D eigenvalue weighted by Gasteiger charge is -2.29. The van der Waals surface area contributed by atoms with Gasteiger partial charge in [-0.2, -0.15) is 4.39 Å². The highest BCUT2D eigenvalue weighted by Crippen LogP contribution is 2.30. The molecule has 0 radical (unpaired) electrons. The molecule has 0 aliphatic carbocycles. The summed E-state index contributed by atoms with van der Waals surface area (Å²) in [5.74, 6) is -5.89. The molecule has 1 saturated heterocycles. The number of hydrogen-bond acceptors (Lipinski definition) is 7. The van der Waals surface area contributed by atoms with Gasteiger partial charge in [0.25, 0.3) is 5.79 Å². The van der Waals surface area contributed by atoms with Gasteiger partial charge in [0.05, 0.1) is 10.6 Å². The van der Waals surface area contributed by atoms with Crippen LogP contribution in [0, 0.1) is 28.7 Å². The van der Waals surface area contributed by atoms with Crippen LogP contribution in [0.5, 0.6) is 0 Å². The van der Waals surface area contributed by atoms with Gasteiger partial charge in [0.2, 0.25) is 5.82 Å². The molecule has 0 aromatic heterocycles. The number of ether oxygens (including phenoxy) is 2. The SMILES string of the molecule is Cc1c(F)c(NC=C2C(=O)OC(C)(C)OC2=O)cc([N+](=O)[O-])c1F. The van der Waals surface area contributed by atoms with Crippen molar-refractivity contribution in [3.63, 3.8) is 0 Å². The van der Waals surface area contributed by atoms with Crippen LogP contribution in [0.2, 0.25) is 0 Å². The Hall–Kier alpha value is -3.04. The van der Waals surface area contributed by atoms with E-state index in [0.717, 1.165) is 13.1 Å². The fourth-order valence-electron chi connectivity index (χ4n) is 1.92. The second kappa shape index (κ2) is 5.87. The van der Waals surface area contributed by atoms with Gasteiger partial charge in [0, 0.05) is 31.7 Å². The zero-order chi connectivity index (χ0) is 18.2. The highest BCUT2D eigenvalue weighted by atomic mass is 19.1. The molecular formula is C14H12F2N2O6. The summed E-state index contributed by atoms with van der Waals surface area (Å²) in [5, 5.41) is 13.0. The molecule has 1 aliphatic heterocycles. The van der Waals surface area contributed by atoms with E-state index in [-0.39, 0.29) is 0 Å². The van der Waals surface area contributed by atoms with E-state index in [4.69, 9.17) is 9.47 Å². The number of nitro groups is 1. The quantitative estimate of drug-likeness (QED) is 0.295. The topological polar surface area (TPSA) is 108 Å². The number of anilines is 1. The Bertz CT molecular complexity index is 766. The van der Waals surface area contributed by atoms with Crippen molar-refractivity contribution in [1.29, 1.82) is 0 Å². The van der Waals surface area contributed by atoms with E-state index in [2.05, 4.69) is 5.32 Å². The van der Waals surface area contributed by atoms with Gasteiger partial charge in [0.15, 0.2) is 11.4 Å². The Morgan fingerprint density at radius 1 is 1.21 bits per heavy atom. The largest absolute Gasteiger partial charge is 0.419 e. The standard InChI is InChI=1S/C14H12F2N2O6/c1-6-10(15)8(4-9(11(6)16)18(21)22)17-5-7-12(19)23-14(2,3)24-13(7)20/h4-5,17H,1-3H3. The van der Waals surface area contributed by atoms with Crippen molar-refractivity contribution in [1.82, 2.24) is 0 Å². The predicted molar refractivity (Wildman–Crippen MR) is 75.7 cm³/mol. The first-order valence-corrected chi connectivity index (χ1v) is 6.60. The summed E-state index contributed by atoms with van der Waals surface area (Å²) in [5.41, 5.74) is -2.60. The number of carbonyl (C=O) groups excluding carboxylic acids is 2. The molecule has 24 heavy (non-hydrogen) atoms. The van der Waals surface area contributed by atoms with Crippen LogP contribution in [0.3, 0.4) is 0 Å². The number of cyclic esters (lactones) is 2. The Morgan fingerprint density at radius 3 is 2.25 bits per heavy atom. The van der Waals surface area contributed by atoms with Crippen molar-refractivity contribution >= 4 is 23.3 Å². The predicted octanol–water partition coefficient (Wildman–Crippen LogP) is 2.31. The lowest BCUT2D eigenvalue weighted by molar-refractivity contribution is -0.387. The minimum Gasteiger partial charge on any atom is -0.419 e. The maximum Gasteiger partial charge on any atom is 0.350 e. The van der Waals surface area contributed by atoms with Crippen molar-refractivity contribution in [2.45, 2.75) is 26.6 Å². The van der Waals surface area contributed by atoms with Gasteiger partial charge in [0.1, 0.15) is 0 Å². The van der Waals surface area contributed by atoms with Crippen LogP contribution in [0.15, 0.2) is 17.8 Å². The first-order chi connectivity index (χ1) is 11.0. The fraction of sp³-hybridized carbons (Fsp3) is 0.286. The maximum absolute atomic E-state index is 14.0. The third-order valence-electron chi connectivity index (χ3n) is 3.09. The number of halogens is 2. The molecule has 0 unspecified atom stereocenters. The number of esters is 2. The third kappa shape index (κ3) is 3.16. The lowest BCUT2D eigenvalue weighted by atomic mass is 10.1. The molecule has 2 rings (SSSR count). The van der Waals surface area contributed by atoms with Gasteiger partial charge < -0.3 is 14.8 Å². The van der Waals surface area contributed by atoms with Crippen molar-refractivity contribution < 1.29 is 32.8 Å². The second-order valence-corrected chi connectivity index (χ2v) is 5.33. The number of rotatable bonds is 3. The molecule has 1 heterocycles. The monoisotopic (exact) mass is 342 g/mol. The summed E-state index contributed by atoms with van der Waals surface area (Å²) in [7, 11) is 0. The van der Waals surface area contributed by atoms with E-state index in [1.165, 1.54) is 13.8 Å². The van der Waals surface area contributed by atoms with Crippen LogP contribution < -0.4 is 5.32 Å². The second-order valence-electron chi connectivity index (χ2n) is 5.33. The molecule has 1 N–H and O–H groups in total. The highest BCUT2D eigenvalue weighted by molar-refractivity contribution is 6.15. The molecule has 0 spiro atoms. The number of nitro benzene ring substituents is 1. The van der Waals surface area contributed by atoms with E-state index in [1.807, 2.05) is 0 Å². The van der Waals surface area contributed by atoms with Gasteiger partial charge in [-0.3, -0.25) is 10.1 Å². The summed E-state index contributed by atoms with van der Waals surface area (Å²) in [4.78, 5) is 33.2. The van der Waals surface area contributed by atoms with E-state index in [9.17, 15) is 28.5 Å². The molecule has 0 atom stereocenters. The summed E-state index contributed by atoms with van der Waals surface area (Å²) in [6.07, 6.45) is 0.777. The minimum atomic E-state index is -1.44. The molecule has 1 aromatic carbocycles. The van der Waals surface area contributed by atoms with Crippen molar-refractivity contribution in [2.75, 3.05) is 5.32 Å². The summed E-state index contributed by atoms with van der Waals surface area (Å²) >= 11 is 0. The van der Waals surface area contributed by atoms with Gasteiger partial charge in [-0.25, -0.2) is 14.0 Å². The third-order valence-corrected chi connectivity index (χ3v) is 3.09. The van der Waals surface area contributed by atoms with Gasteiger partial charge >= 0.3 is 17.6 Å². The van der Waals surface area contributed by atoms with E-state index < -0.39 is 56.8 Å². The van der Waals surface area contributed by atoms with Crippen LogP contribution in [0.1, 0.15) is 19.4 Å². The normalized spacial score (nSPS) is 16.3. The number of carbonyl (C=O) groups is 2. The molecule has 1 fully saturated rings. The number of hydrogen-bond donors (Lipinski definition) is 1. The van der Waals surface area contributed by atoms with Crippen LogP contribution in [0.25, 0.3) is 0 Å². The smallest absolute Gasteiger partial charge is 0.350 e. The maximum atomic E-state index is 14.0. The molecule has 10 heteroatoms. The molecule has 8 nitrogen and oxygen atoms in total. The fourth-order valence-corrected chi connectivity index (χ4v) is 1.92. The minimum absolute atomic E-state index is 0.487. The average molecular weight is 342 g/mol. The van der Waals surface area contributed by atoms with Gasteiger partial charge in [-0.15, -0.1) is 0 Å².